The SMILES string of the molecule is Cc1ccc(/C=C(\C#N)c2nc(C(c3ccccc3)c3ccccc3)no2)cc1. The molecular weight excluding hydrogens is 358 g/mol. The van der Waals surface area contributed by atoms with E-state index in [1.54, 1.807) is 6.08 Å². The number of aryl methyl sites for hydroxylation is 1. The molecule has 0 N–H and O–H groups in total. The molecule has 4 heteroatoms. The molecular formula is C25H19N3O. The first-order valence-electron chi connectivity index (χ1n) is 9.37. The molecule has 3 aromatic carbocycles. The summed E-state index contributed by atoms with van der Waals surface area (Å²) in [5.41, 5.74) is 4.54. The average Bonchev–Trinajstić information content (AvgIpc) is 3.24. The third-order valence-electron chi connectivity index (χ3n) is 4.70. The summed E-state index contributed by atoms with van der Waals surface area (Å²) in [6.45, 7) is 2.02. The highest BCUT2D eigenvalue weighted by atomic mass is 16.5. The third-order valence-corrected chi connectivity index (χ3v) is 4.70. The molecule has 4 nitrogen and oxygen atoms in total. The van der Waals surface area contributed by atoms with Crippen molar-refractivity contribution in [2.45, 2.75) is 12.8 Å². The fraction of sp³-hybridized carbons (Fsp3) is 0.0800. The van der Waals surface area contributed by atoms with Gasteiger partial charge in [0, 0.05) is 0 Å². The largest absolute Gasteiger partial charge is 0.333 e. The van der Waals surface area contributed by atoms with Gasteiger partial charge in [-0.05, 0) is 29.7 Å². The molecule has 0 radical (unpaired) electrons. The van der Waals surface area contributed by atoms with Crippen molar-refractivity contribution in [1.29, 1.82) is 5.26 Å². The Morgan fingerprint density at radius 3 is 2.03 bits per heavy atom. The second-order valence-corrected chi connectivity index (χ2v) is 6.79. The van der Waals surface area contributed by atoms with Gasteiger partial charge in [-0.1, -0.05) is 95.6 Å². The molecule has 0 fully saturated rings. The summed E-state index contributed by atoms with van der Waals surface area (Å²) in [6.07, 6.45) is 1.76. The first-order valence-corrected chi connectivity index (χ1v) is 9.37. The molecule has 0 spiro atoms. The second-order valence-electron chi connectivity index (χ2n) is 6.79. The Labute approximate surface area is 169 Å². The highest BCUT2D eigenvalue weighted by Crippen LogP contribution is 2.30. The molecule has 1 aromatic heterocycles. The van der Waals surface area contributed by atoms with Crippen LogP contribution in [0.3, 0.4) is 0 Å². The predicted molar refractivity (Wildman–Crippen MR) is 113 cm³/mol. The smallest absolute Gasteiger partial charge is 0.268 e. The molecule has 0 atom stereocenters. The van der Waals surface area contributed by atoms with Gasteiger partial charge in [-0.25, -0.2) is 0 Å². The highest BCUT2D eigenvalue weighted by Gasteiger charge is 2.23. The Morgan fingerprint density at radius 1 is 0.897 bits per heavy atom. The number of hydrogen-bond acceptors (Lipinski definition) is 4. The number of benzene rings is 3. The Bertz CT molecular complexity index is 1110. The zero-order valence-corrected chi connectivity index (χ0v) is 16.0. The Hall–Kier alpha value is -3.97. The lowest BCUT2D eigenvalue weighted by Gasteiger charge is -2.14. The maximum atomic E-state index is 9.63. The number of nitriles is 1. The summed E-state index contributed by atoms with van der Waals surface area (Å²) in [5.74, 6) is 0.580. The quantitative estimate of drug-likeness (QED) is 0.423. The van der Waals surface area contributed by atoms with Crippen molar-refractivity contribution in [3.63, 3.8) is 0 Å². The minimum Gasteiger partial charge on any atom is -0.333 e. The normalized spacial score (nSPS) is 11.4. The van der Waals surface area contributed by atoms with Crippen LogP contribution in [0.5, 0.6) is 0 Å². The highest BCUT2D eigenvalue weighted by molar-refractivity contribution is 5.86. The fourth-order valence-electron chi connectivity index (χ4n) is 3.21. The summed E-state index contributed by atoms with van der Waals surface area (Å²) in [4.78, 5) is 4.58. The van der Waals surface area contributed by atoms with Gasteiger partial charge in [-0.15, -0.1) is 0 Å². The van der Waals surface area contributed by atoms with E-state index in [0.29, 0.717) is 11.4 Å². The van der Waals surface area contributed by atoms with Crippen molar-refractivity contribution >= 4 is 11.6 Å². The van der Waals surface area contributed by atoms with Crippen LogP contribution < -0.4 is 0 Å². The van der Waals surface area contributed by atoms with Gasteiger partial charge in [0.05, 0.1) is 5.92 Å². The first kappa shape index (κ1) is 18.4. The fourth-order valence-corrected chi connectivity index (χ4v) is 3.21. The molecule has 0 bridgehead atoms. The number of rotatable bonds is 5. The third kappa shape index (κ3) is 4.15. The Morgan fingerprint density at radius 2 is 1.48 bits per heavy atom. The topological polar surface area (TPSA) is 62.7 Å². The van der Waals surface area contributed by atoms with Gasteiger partial charge in [-0.3, -0.25) is 0 Å². The van der Waals surface area contributed by atoms with Crippen LogP contribution in [0, 0.1) is 18.3 Å². The van der Waals surface area contributed by atoms with Crippen LogP contribution in [0.25, 0.3) is 11.6 Å². The van der Waals surface area contributed by atoms with Crippen LogP contribution in [-0.4, -0.2) is 10.1 Å². The van der Waals surface area contributed by atoms with Crippen molar-refractivity contribution < 1.29 is 4.52 Å². The molecule has 0 unspecified atom stereocenters. The van der Waals surface area contributed by atoms with Crippen molar-refractivity contribution in [2.24, 2.45) is 0 Å². The maximum Gasteiger partial charge on any atom is 0.268 e. The van der Waals surface area contributed by atoms with Crippen LogP contribution in [0.2, 0.25) is 0 Å². The van der Waals surface area contributed by atoms with Crippen LogP contribution in [0.15, 0.2) is 89.5 Å². The van der Waals surface area contributed by atoms with E-state index in [1.165, 1.54) is 0 Å². The average molecular weight is 377 g/mol. The molecule has 0 saturated carbocycles. The molecule has 29 heavy (non-hydrogen) atoms. The van der Waals surface area contributed by atoms with Crippen molar-refractivity contribution in [2.75, 3.05) is 0 Å². The van der Waals surface area contributed by atoms with Crippen LogP contribution in [-0.2, 0) is 0 Å². The number of aromatic nitrogens is 2. The van der Waals surface area contributed by atoms with E-state index in [9.17, 15) is 5.26 Å². The van der Waals surface area contributed by atoms with Crippen molar-refractivity contribution in [3.8, 4) is 6.07 Å². The zero-order chi connectivity index (χ0) is 20.1. The van der Waals surface area contributed by atoms with Crippen LogP contribution in [0.4, 0.5) is 0 Å². The summed E-state index contributed by atoms with van der Waals surface area (Å²) < 4.78 is 5.49. The molecule has 0 aliphatic heterocycles. The van der Waals surface area contributed by atoms with Gasteiger partial charge >= 0.3 is 0 Å². The molecule has 0 aliphatic carbocycles. The van der Waals surface area contributed by atoms with Crippen LogP contribution >= 0.6 is 0 Å². The molecule has 4 aromatic rings. The minimum atomic E-state index is -0.172. The molecule has 0 aliphatic rings. The molecule has 4 rings (SSSR count). The van der Waals surface area contributed by atoms with E-state index in [-0.39, 0.29) is 11.8 Å². The summed E-state index contributed by atoms with van der Waals surface area (Å²) >= 11 is 0. The standard InChI is InChI=1S/C25H19N3O/c1-18-12-14-19(15-13-18)16-22(17-26)25-27-24(28-29-25)23(20-8-4-2-5-9-20)21-10-6-3-7-11-21/h2-16,23H,1H3/b22-16+. The van der Waals surface area contributed by atoms with E-state index in [1.807, 2.05) is 91.9 Å². The van der Waals surface area contributed by atoms with Gasteiger partial charge in [0.15, 0.2) is 5.82 Å². The van der Waals surface area contributed by atoms with Gasteiger partial charge in [-0.2, -0.15) is 10.2 Å². The molecule has 0 amide bonds. The van der Waals surface area contributed by atoms with Crippen molar-refractivity contribution in [3.05, 3.63) is 119 Å². The van der Waals surface area contributed by atoms with E-state index >= 15 is 0 Å². The monoisotopic (exact) mass is 377 g/mol. The lowest BCUT2D eigenvalue weighted by Crippen LogP contribution is -2.05. The van der Waals surface area contributed by atoms with Gasteiger partial charge < -0.3 is 4.52 Å². The summed E-state index contributed by atoms with van der Waals surface area (Å²) in [5, 5.41) is 13.8. The van der Waals surface area contributed by atoms with E-state index in [0.717, 1.165) is 22.3 Å². The Balaban J connectivity index is 1.74. The second kappa shape index (κ2) is 8.37. The molecule has 0 saturated heterocycles. The Kier molecular flexibility index (Phi) is 5.31. The lowest BCUT2D eigenvalue weighted by molar-refractivity contribution is 0.401. The lowest BCUT2D eigenvalue weighted by atomic mass is 9.91. The van der Waals surface area contributed by atoms with Gasteiger partial charge in [0.2, 0.25) is 0 Å². The van der Waals surface area contributed by atoms with E-state index < -0.39 is 0 Å². The molecule has 140 valence electrons. The van der Waals surface area contributed by atoms with Gasteiger partial charge in [0.1, 0.15) is 11.6 Å². The van der Waals surface area contributed by atoms with Gasteiger partial charge in [0.25, 0.3) is 5.89 Å². The maximum absolute atomic E-state index is 9.63. The zero-order valence-electron chi connectivity index (χ0n) is 16.0. The van der Waals surface area contributed by atoms with E-state index in [4.69, 9.17) is 4.52 Å². The summed E-state index contributed by atoms with van der Waals surface area (Å²) in [7, 11) is 0. The van der Waals surface area contributed by atoms with Crippen LogP contribution in [0.1, 0.15) is 39.9 Å². The molecule has 1 heterocycles. The van der Waals surface area contributed by atoms with E-state index in [2.05, 4.69) is 16.2 Å². The number of hydrogen-bond donors (Lipinski definition) is 0. The first-order chi connectivity index (χ1) is 14.2. The number of allylic oxidation sites excluding steroid dienone is 1. The minimum absolute atomic E-state index is 0.172. The number of nitrogens with zero attached hydrogens (tertiary/aromatic N) is 3. The predicted octanol–water partition coefficient (Wildman–Crippen LogP) is 5.62. The summed E-state index contributed by atoms with van der Waals surface area (Å²) in [6, 6.07) is 30.2. The van der Waals surface area contributed by atoms with Crippen molar-refractivity contribution in [1.82, 2.24) is 10.1 Å².